The number of terminal acetylenes is 1. The number of hydroxylamine groups is 2. The van der Waals surface area contributed by atoms with E-state index >= 15 is 0 Å². The lowest BCUT2D eigenvalue weighted by Crippen LogP contribution is -2.58. The van der Waals surface area contributed by atoms with Crippen molar-refractivity contribution in [1.29, 1.82) is 0 Å². The Morgan fingerprint density at radius 3 is 2.76 bits per heavy atom. The average Bonchev–Trinajstić information content (AvgIpc) is 3.65. The Labute approximate surface area is 248 Å². The summed E-state index contributed by atoms with van der Waals surface area (Å²) < 4.78 is 34.3. The number of hydrogen-bond donors (Lipinski definition) is 1. The zero-order valence-corrected chi connectivity index (χ0v) is 24.9. The quantitative estimate of drug-likeness (QED) is 0.413. The van der Waals surface area contributed by atoms with Crippen molar-refractivity contribution in [1.82, 2.24) is 29.1 Å². The molecule has 3 aliphatic rings. The van der Waals surface area contributed by atoms with Crippen LogP contribution in [0.4, 0.5) is 0 Å². The van der Waals surface area contributed by atoms with Crippen LogP contribution in [0.25, 0.3) is 10.9 Å². The summed E-state index contributed by atoms with van der Waals surface area (Å²) in [7, 11) is -2.33. The predicted octanol–water partition coefficient (Wildman–Crippen LogP) is 1.29. The first-order valence-corrected chi connectivity index (χ1v) is 16.1. The highest BCUT2D eigenvalue weighted by Crippen LogP contribution is 2.29. The second-order valence-corrected chi connectivity index (χ2v) is 13.5. The number of aromatic nitrogens is 2. The van der Waals surface area contributed by atoms with Crippen molar-refractivity contribution in [3.8, 4) is 12.3 Å². The number of hydrogen-bond acceptors (Lipinski definition) is 9. The van der Waals surface area contributed by atoms with Gasteiger partial charge < -0.3 is 24.4 Å². The lowest BCUT2D eigenvalue weighted by atomic mass is 10.1. The highest BCUT2D eigenvalue weighted by Gasteiger charge is 2.40. The fourth-order valence-electron chi connectivity index (χ4n) is 5.65. The van der Waals surface area contributed by atoms with Gasteiger partial charge >= 0.3 is 0 Å². The third-order valence-corrected chi connectivity index (χ3v) is 10.9. The number of aromatic amines is 1. The smallest absolute Gasteiger partial charge is 0.283 e. The molecule has 1 aromatic carbocycles. The number of amides is 2. The summed E-state index contributed by atoms with van der Waals surface area (Å²) in [6.07, 6.45) is 6.18. The molecule has 0 aliphatic carbocycles. The van der Waals surface area contributed by atoms with Crippen LogP contribution in [0.3, 0.4) is 0 Å². The predicted molar refractivity (Wildman–Crippen MR) is 155 cm³/mol. The minimum absolute atomic E-state index is 0.00146. The summed E-state index contributed by atoms with van der Waals surface area (Å²) in [5.41, 5.74) is 2.18. The van der Waals surface area contributed by atoms with Crippen molar-refractivity contribution < 1.29 is 27.6 Å². The summed E-state index contributed by atoms with van der Waals surface area (Å²) in [6, 6.07) is 6.16. The molecule has 2 fully saturated rings. The molecule has 42 heavy (non-hydrogen) atoms. The second-order valence-electron chi connectivity index (χ2n) is 10.5. The second kappa shape index (κ2) is 11.8. The normalized spacial score (nSPS) is 20.4. The van der Waals surface area contributed by atoms with Crippen LogP contribution in [-0.2, 0) is 37.4 Å². The van der Waals surface area contributed by atoms with Gasteiger partial charge in [0.2, 0.25) is 5.91 Å². The van der Waals surface area contributed by atoms with Crippen molar-refractivity contribution in [2.75, 3.05) is 59.6 Å². The van der Waals surface area contributed by atoms with Crippen LogP contribution in [-0.4, -0.2) is 115 Å². The van der Waals surface area contributed by atoms with E-state index in [1.165, 1.54) is 15.6 Å². The van der Waals surface area contributed by atoms with Gasteiger partial charge in [0.05, 0.1) is 38.6 Å². The van der Waals surface area contributed by atoms with E-state index in [0.717, 1.165) is 10.6 Å². The SMILES string of the molecule is C#Cc1ccc2[nH]c(S(=O)(=O)N3CCN(C(=O)c4nc5c(s4)CN(OC)CC5)C(CC(=O)N4CCOCC4)C3)cc2c1. The van der Waals surface area contributed by atoms with Gasteiger partial charge in [-0.3, -0.25) is 9.59 Å². The molecule has 0 spiro atoms. The van der Waals surface area contributed by atoms with Gasteiger partial charge in [0, 0.05) is 73.5 Å². The molecule has 222 valence electrons. The maximum Gasteiger partial charge on any atom is 0.283 e. The molecule has 1 N–H and O–H groups in total. The molecule has 6 rings (SSSR count). The molecule has 3 aliphatic heterocycles. The number of ether oxygens (including phenoxy) is 1. The number of carbonyl (C=O) groups is 2. The fourth-order valence-corrected chi connectivity index (χ4v) is 8.20. The largest absolute Gasteiger partial charge is 0.378 e. The van der Waals surface area contributed by atoms with Crippen molar-refractivity contribution in [2.24, 2.45) is 0 Å². The number of piperazine rings is 1. The third kappa shape index (κ3) is 5.56. The van der Waals surface area contributed by atoms with Crippen molar-refractivity contribution in [2.45, 2.75) is 30.5 Å². The molecular formula is C28H32N6O6S2. The highest BCUT2D eigenvalue weighted by molar-refractivity contribution is 7.89. The summed E-state index contributed by atoms with van der Waals surface area (Å²) >= 11 is 1.33. The Morgan fingerprint density at radius 2 is 2.00 bits per heavy atom. The van der Waals surface area contributed by atoms with Crippen LogP contribution in [0.2, 0.25) is 0 Å². The van der Waals surface area contributed by atoms with Crippen molar-refractivity contribution in [3.63, 3.8) is 0 Å². The lowest BCUT2D eigenvalue weighted by molar-refractivity contribution is -0.141. The van der Waals surface area contributed by atoms with Gasteiger partial charge in [-0.1, -0.05) is 5.92 Å². The van der Waals surface area contributed by atoms with E-state index in [4.69, 9.17) is 16.0 Å². The van der Waals surface area contributed by atoms with Crippen molar-refractivity contribution >= 4 is 44.1 Å². The molecule has 3 aromatic rings. The zero-order valence-electron chi connectivity index (χ0n) is 23.2. The fraction of sp³-hybridized carbons (Fsp3) is 0.464. The number of thiazole rings is 1. The lowest BCUT2D eigenvalue weighted by Gasteiger charge is -2.41. The minimum Gasteiger partial charge on any atom is -0.378 e. The minimum atomic E-state index is -3.95. The van der Waals surface area contributed by atoms with Gasteiger partial charge in [-0.25, -0.2) is 13.4 Å². The van der Waals surface area contributed by atoms with Crippen LogP contribution in [0.5, 0.6) is 0 Å². The number of sulfonamides is 1. The van der Waals surface area contributed by atoms with Gasteiger partial charge in [0.1, 0.15) is 5.03 Å². The molecule has 1 unspecified atom stereocenters. The molecule has 0 bridgehead atoms. The zero-order chi connectivity index (χ0) is 29.4. The number of benzene rings is 1. The first-order valence-electron chi connectivity index (χ1n) is 13.8. The molecule has 12 nitrogen and oxygen atoms in total. The molecule has 2 saturated heterocycles. The van der Waals surface area contributed by atoms with E-state index in [-0.39, 0.29) is 42.9 Å². The Hall–Kier alpha value is -3.32. The molecule has 1 atom stereocenters. The van der Waals surface area contributed by atoms with Crippen LogP contribution in [0, 0.1) is 12.3 Å². The molecule has 2 aromatic heterocycles. The van der Waals surface area contributed by atoms with Crippen LogP contribution in [0.15, 0.2) is 29.3 Å². The number of H-pyrrole nitrogens is 1. The average molecular weight is 613 g/mol. The van der Waals surface area contributed by atoms with Gasteiger partial charge in [-0.2, -0.15) is 9.37 Å². The van der Waals surface area contributed by atoms with Crippen LogP contribution >= 0.6 is 11.3 Å². The van der Waals surface area contributed by atoms with Gasteiger partial charge in [-0.15, -0.1) is 17.8 Å². The third-order valence-electron chi connectivity index (χ3n) is 8.00. The Bertz CT molecular complexity index is 1650. The van der Waals surface area contributed by atoms with E-state index < -0.39 is 16.1 Å². The summed E-state index contributed by atoms with van der Waals surface area (Å²) in [5.74, 6) is 2.14. The van der Waals surface area contributed by atoms with Gasteiger partial charge in [0.15, 0.2) is 5.01 Å². The van der Waals surface area contributed by atoms with Crippen LogP contribution in [0.1, 0.15) is 32.4 Å². The monoisotopic (exact) mass is 612 g/mol. The Morgan fingerprint density at radius 1 is 1.19 bits per heavy atom. The molecule has 0 radical (unpaired) electrons. The number of morpholine rings is 1. The first-order chi connectivity index (χ1) is 20.3. The standard InChI is InChI=1S/C28H32N6O6S2/c1-3-19-4-5-22-20(14-19)15-25(29-22)42(37,38)33-8-9-34(21(17-33)16-26(35)31-10-12-40-13-11-31)28(36)27-30-23-6-7-32(39-2)18-24(23)41-27/h1,4-5,14-15,21,29H,6-13,16-18H2,2H3. The van der Waals surface area contributed by atoms with Crippen molar-refractivity contribution in [3.05, 3.63) is 45.4 Å². The topological polar surface area (TPSA) is 128 Å². The summed E-state index contributed by atoms with van der Waals surface area (Å²) in [6.45, 7) is 3.27. The van der Waals surface area contributed by atoms with E-state index in [9.17, 15) is 18.0 Å². The van der Waals surface area contributed by atoms with Crippen LogP contribution < -0.4 is 0 Å². The number of fused-ring (bicyclic) bond motifs is 2. The summed E-state index contributed by atoms with van der Waals surface area (Å²) in [4.78, 5) is 44.4. The molecule has 5 heterocycles. The number of carbonyl (C=O) groups excluding carboxylic acids is 2. The van der Waals surface area contributed by atoms with E-state index in [1.54, 1.807) is 41.2 Å². The van der Waals surface area contributed by atoms with Gasteiger partial charge in [-0.05, 0) is 24.3 Å². The first kappa shape index (κ1) is 28.8. The summed E-state index contributed by atoms with van der Waals surface area (Å²) in [5, 5.41) is 2.90. The van der Waals surface area contributed by atoms with E-state index in [2.05, 4.69) is 15.9 Å². The maximum atomic E-state index is 13.8. The molecule has 0 saturated carbocycles. The Kier molecular flexibility index (Phi) is 8.05. The van der Waals surface area contributed by atoms with E-state index in [0.29, 0.717) is 67.3 Å². The number of nitrogens with zero attached hydrogens (tertiary/aromatic N) is 5. The van der Waals surface area contributed by atoms with Gasteiger partial charge in [0.25, 0.3) is 15.9 Å². The van der Waals surface area contributed by atoms with E-state index in [1.807, 2.05) is 5.06 Å². The maximum absolute atomic E-state index is 13.8. The Balaban J connectivity index is 1.26. The molecular weight excluding hydrogens is 580 g/mol. The highest BCUT2D eigenvalue weighted by atomic mass is 32.2. The molecule has 2 amide bonds. The molecule has 14 heteroatoms. The number of nitrogens with one attached hydrogen (secondary N) is 1. The number of rotatable bonds is 6.